The molecule has 0 saturated heterocycles. The van der Waals surface area contributed by atoms with Crippen molar-refractivity contribution < 1.29 is 14.7 Å². The number of benzene rings is 1. The minimum atomic E-state index is -0.0228. The van der Waals surface area contributed by atoms with Gasteiger partial charge in [-0.25, -0.2) is 4.68 Å². The lowest BCUT2D eigenvalue weighted by Crippen LogP contribution is -2.15. The SMILES string of the molecule is COc1ccc(COc2c(C(N)=NO)c(C)nn2C)cc1. The van der Waals surface area contributed by atoms with Gasteiger partial charge in [-0.05, 0) is 24.6 Å². The highest BCUT2D eigenvalue weighted by atomic mass is 16.5. The molecular weight excluding hydrogens is 272 g/mol. The number of rotatable bonds is 5. The Morgan fingerprint density at radius 3 is 2.62 bits per heavy atom. The van der Waals surface area contributed by atoms with E-state index in [0.29, 0.717) is 23.7 Å². The molecule has 0 radical (unpaired) electrons. The van der Waals surface area contributed by atoms with E-state index >= 15 is 0 Å². The van der Waals surface area contributed by atoms with Crippen LogP contribution in [0, 0.1) is 6.92 Å². The van der Waals surface area contributed by atoms with Crippen LogP contribution < -0.4 is 15.2 Å². The third-order valence-corrected chi connectivity index (χ3v) is 3.07. The van der Waals surface area contributed by atoms with Crippen molar-refractivity contribution >= 4 is 5.84 Å². The standard InChI is InChI=1S/C14H18N4O3/c1-9-12(13(15)17-19)14(18(2)16-9)21-8-10-4-6-11(20-3)7-5-10/h4-7,19H,8H2,1-3H3,(H2,15,17). The van der Waals surface area contributed by atoms with Crippen LogP contribution in [0.3, 0.4) is 0 Å². The Balaban J connectivity index is 2.19. The van der Waals surface area contributed by atoms with Gasteiger partial charge in [-0.2, -0.15) is 5.10 Å². The van der Waals surface area contributed by atoms with Crippen LogP contribution in [0.15, 0.2) is 29.4 Å². The largest absolute Gasteiger partial charge is 0.497 e. The fourth-order valence-corrected chi connectivity index (χ4v) is 2.02. The molecule has 21 heavy (non-hydrogen) atoms. The molecule has 0 aliphatic rings. The van der Waals surface area contributed by atoms with Crippen LogP contribution in [-0.4, -0.2) is 27.9 Å². The molecule has 7 heteroatoms. The first-order valence-electron chi connectivity index (χ1n) is 6.34. The zero-order valence-corrected chi connectivity index (χ0v) is 12.2. The Labute approximate surface area is 122 Å². The maximum Gasteiger partial charge on any atom is 0.223 e. The van der Waals surface area contributed by atoms with Gasteiger partial charge in [-0.1, -0.05) is 17.3 Å². The molecule has 2 rings (SSSR count). The lowest BCUT2D eigenvalue weighted by atomic mass is 10.2. The summed E-state index contributed by atoms with van der Waals surface area (Å²) in [5.41, 5.74) is 7.77. The minimum Gasteiger partial charge on any atom is -0.497 e. The Kier molecular flexibility index (Phi) is 4.32. The molecule has 112 valence electrons. The fraction of sp³-hybridized carbons (Fsp3) is 0.286. The highest BCUT2D eigenvalue weighted by molar-refractivity contribution is 6.00. The predicted molar refractivity (Wildman–Crippen MR) is 77.8 cm³/mol. The number of hydrogen-bond donors (Lipinski definition) is 2. The second kappa shape index (κ2) is 6.17. The van der Waals surface area contributed by atoms with Crippen molar-refractivity contribution in [2.75, 3.05) is 7.11 Å². The number of nitrogens with zero attached hydrogens (tertiary/aromatic N) is 3. The van der Waals surface area contributed by atoms with Gasteiger partial charge in [0.1, 0.15) is 17.9 Å². The van der Waals surface area contributed by atoms with Gasteiger partial charge in [-0.3, -0.25) is 0 Å². The molecule has 0 unspecified atom stereocenters. The van der Waals surface area contributed by atoms with Gasteiger partial charge in [0.25, 0.3) is 0 Å². The van der Waals surface area contributed by atoms with Crippen LogP contribution in [0.2, 0.25) is 0 Å². The first-order chi connectivity index (χ1) is 10.1. The first-order valence-corrected chi connectivity index (χ1v) is 6.34. The summed E-state index contributed by atoms with van der Waals surface area (Å²) >= 11 is 0. The molecule has 0 amide bonds. The number of oxime groups is 1. The van der Waals surface area contributed by atoms with E-state index in [0.717, 1.165) is 11.3 Å². The van der Waals surface area contributed by atoms with E-state index < -0.39 is 0 Å². The molecule has 0 saturated carbocycles. The minimum absolute atomic E-state index is 0.0228. The van der Waals surface area contributed by atoms with Crippen molar-refractivity contribution in [3.8, 4) is 11.6 Å². The Morgan fingerprint density at radius 2 is 2.05 bits per heavy atom. The summed E-state index contributed by atoms with van der Waals surface area (Å²) in [5.74, 6) is 1.22. The third-order valence-electron chi connectivity index (χ3n) is 3.07. The Hall–Kier alpha value is -2.70. The van der Waals surface area contributed by atoms with Crippen LogP contribution in [0.5, 0.6) is 11.6 Å². The van der Waals surface area contributed by atoms with Gasteiger partial charge in [-0.15, -0.1) is 0 Å². The summed E-state index contributed by atoms with van der Waals surface area (Å²) in [6, 6.07) is 7.53. The van der Waals surface area contributed by atoms with E-state index in [1.54, 1.807) is 25.8 Å². The maximum absolute atomic E-state index is 8.85. The highest BCUT2D eigenvalue weighted by Crippen LogP contribution is 2.22. The Morgan fingerprint density at radius 1 is 1.38 bits per heavy atom. The van der Waals surface area contributed by atoms with Gasteiger partial charge < -0.3 is 20.4 Å². The molecule has 7 nitrogen and oxygen atoms in total. The second-order valence-electron chi connectivity index (χ2n) is 4.51. The van der Waals surface area contributed by atoms with Crippen molar-refractivity contribution in [1.82, 2.24) is 9.78 Å². The quantitative estimate of drug-likeness (QED) is 0.376. The van der Waals surface area contributed by atoms with E-state index in [-0.39, 0.29) is 5.84 Å². The van der Waals surface area contributed by atoms with Crippen molar-refractivity contribution in [2.45, 2.75) is 13.5 Å². The van der Waals surface area contributed by atoms with Crippen molar-refractivity contribution in [3.63, 3.8) is 0 Å². The maximum atomic E-state index is 8.85. The summed E-state index contributed by atoms with van der Waals surface area (Å²) in [7, 11) is 3.36. The van der Waals surface area contributed by atoms with Crippen molar-refractivity contribution in [1.29, 1.82) is 0 Å². The summed E-state index contributed by atoms with van der Waals surface area (Å²) in [5, 5.41) is 16.1. The van der Waals surface area contributed by atoms with Crippen LogP contribution in [0.1, 0.15) is 16.8 Å². The molecule has 1 aromatic heterocycles. The van der Waals surface area contributed by atoms with Crippen molar-refractivity contribution in [3.05, 3.63) is 41.1 Å². The fourth-order valence-electron chi connectivity index (χ4n) is 2.02. The molecule has 2 aromatic rings. The molecule has 1 heterocycles. The molecule has 0 aliphatic carbocycles. The molecule has 1 aromatic carbocycles. The van der Waals surface area contributed by atoms with E-state index in [4.69, 9.17) is 20.4 Å². The van der Waals surface area contributed by atoms with Crippen molar-refractivity contribution in [2.24, 2.45) is 17.9 Å². The molecule has 0 atom stereocenters. The monoisotopic (exact) mass is 290 g/mol. The molecule has 3 N–H and O–H groups in total. The van der Waals surface area contributed by atoms with Gasteiger partial charge in [0.05, 0.1) is 12.8 Å². The lowest BCUT2D eigenvalue weighted by Gasteiger charge is -2.09. The zero-order chi connectivity index (χ0) is 15.4. The van der Waals surface area contributed by atoms with Gasteiger partial charge in [0, 0.05) is 7.05 Å². The Bertz CT molecular complexity index is 647. The summed E-state index contributed by atoms with van der Waals surface area (Å²) in [6.07, 6.45) is 0. The van der Waals surface area contributed by atoms with Crippen LogP contribution in [-0.2, 0) is 13.7 Å². The van der Waals surface area contributed by atoms with Gasteiger partial charge >= 0.3 is 0 Å². The van der Waals surface area contributed by atoms with Gasteiger partial charge in [0.15, 0.2) is 5.84 Å². The number of nitrogens with two attached hydrogens (primary N) is 1. The van der Waals surface area contributed by atoms with E-state index in [2.05, 4.69) is 10.3 Å². The molecule has 0 spiro atoms. The van der Waals surface area contributed by atoms with Crippen LogP contribution >= 0.6 is 0 Å². The van der Waals surface area contributed by atoms with E-state index in [9.17, 15) is 0 Å². The first kappa shape index (κ1) is 14.7. The van der Waals surface area contributed by atoms with Crippen LogP contribution in [0.4, 0.5) is 0 Å². The summed E-state index contributed by atoms with van der Waals surface area (Å²) in [6.45, 7) is 2.11. The topological polar surface area (TPSA) is 94.9 Å². The zero-order valence-electron chi connectivity index (χ0n) is 12.2. The number of methoxy groups -OCH3 is 1. The van der Waals surface area contributed by atoms with E-state index in [1.165, 1.54) is 0 Å². The third kappa shape index (κ3) is 3.07. The number of aromatic nitrogens is 2. The summed E-state index contributed by atoms with van der Waals surface area (Å²) in [4.78, 5) is 0. The molecule has 0 fully saturated rings. The normalized spacial score (nSPS) is 11.5. The van der Waals surface area contributed by atoms with Crippen LogP contribution in [0.25, 0.3) is 0 Å². The molecular formula is C14H18N4O3. The van der Waals surface area contributed by atoms with Gasteiger partial charge in [0.2, 0.25) is 5.88 Å². The van der Waals surface area contributed by atoms with E-state index in [1.807, 2.05) is 24.3 Å². The predicted octanol–water partition coefficient (Wildman–Crippen LogP) is 1.41. The average Bonchev–Trinajstić information content (AvgIpc) is 2.78. The number of hydrogen-bond acceptors (Lipinski definition) is 5. The smallest absolute Gasteiger partial charge is 0.223 e. The average molecular weight is 290 g/mol. The number of amidine groups is 1. The molecule has 0 bridgehead atoms. The lowest BCUT2D eigenvalue weighted by molar-refractivity contribution is 0.277. The highest BCUT2D eigenvalue weighted by Gasteiger charge is 2.18. The number of ether oxygens (including phenoxy) is 2. The summed E-state index contributed by atoms with van der Waals surface area (Å²) < 4.78 is 12.4. The second-order valence-corrected chi connectivity index (χ2v) is 4.51. The molecule has 0 aliphatic heterocycles. The number of aryl methyl sites for hydroxylation is 2.